The summed E-state index contributed by atoms with van der Waals surface area (Å²) < 4.78 is 1.88. The van der Waals surface area contributed by atoms with Crippen LogP contribution in [-0.4, -0.2) is 15.8 Å². The zero-order valence-electron chi connectivity index (χ0n) is 12.1. The minimum atomic E-state index is 0.291. The molecule has 5 heteroatoms. The predicted molar refractivity (Wildman–Crippen MR) is 78.9 cm³/mol. The fraction of sp³-hybridized carbons (Fsp3) is 0.786. The lowest BCUT2D eigenvalue weighted by atomic mass is 9.78. The molecule has 1 aliphatic carbocycles. The molecule has 0 saturated heterocycles. The molecule has 0 amide bonds. The van der Waals surface area contributed by atoms with Crippen LogP contribution in [0.4, 0.5) is 0 Å². The van der Waals surface area contributed by atoms with Gasteiger partial charge in [-0.1, -0.05) is 31.4 Å². The Morgan fingerprint density at radius 3 is 2.53 bits per heavy atom. The van der Waals surface area contributed by atoms with Crippen LogP contribution in [0.3, 0.4) is 0 Å². The monoisotopic (exact) mass is 284 g/mol. The van der Waals surface area contributed by atoms with Crippen molar-refractivity contribution in [3.8, 4) is 0 Å². The Morgan fingerprint density at radius 2 is 2.05 bits per heavy atom. The molecule has 1 saturated carbocycles. The second kappa shape index (κ2) is 6.25. The molecule has 19 heavy (non-hydrogen) atoms. The summed E-state index contributed by atoms with van der Waals surface area (Å²) in [7, 11) is 1.95. The van der Waals surface area contributed by atoms with E-state index in [9.17, 15) is 0 Å². The molecule has 1 aromatic heterocycles. The highest BCUT2D eigenvalue weighted by Gasteiger charge is 2.27. The molecule has 0 radical (unpaired) electrons. The van der Waals surface area contributed by atoms with Gasteiger partial charge in [0.2, 0.25) is 0 Å². The van der Waals surface area contributed by atoms with Gasteiger partial charge in [-0.05, 0) is 31.6 Å². The number of aryl methyl sites for hydroxylation is 2. The maximum atomic E-state index is 6.33. The molecule has 4 nitrogen and oxygen atoms in total. The van der Waals surface area contributed by atoms with E-state index in [-0.39, 0.29) is 0 Å². The van der Waals surface area contributed by atoms with E-state index >= 15 is 0 Å². The van der Waals surface area contributed by atoms with E-state index in [2.05, 4.69) is 17.4 Å². The molecular weight excluding hydrogens is 260 g/mol. The molecule has 1 heterocycles. The summed E-state index contributed by atoms with van der Waals surface area (Å²) in [6, 6.07) is 0.291. The normalized spacial score (nSPS) is 25.5. The van der Waals surface area contributed by atoms with Gasteiger partial charge in [0.25, 0.3) is 0 Å². The Hall–Kier alpha value is -0.580. The minimum absolute atomic E-state index is 0.291. The minimum Gasteiger partial charge on any atom is -0.271 e. The summed E-state index contributed by atoms with van der Waals surface area (Å²) in [4.78, 5) is 0. The quantitative estimate of drug-likeness (QED) is 0.660. The van der Waals surface area contributed by atoms with Crippen LogP contribution in [0.15, 0.2) is 0 Å². The van der Waals surface area contributed by atoms with Gasteiger partial charge < -0.3 is 0 Å². The maximum absolute atomic E-state index is 6.33. The largest absolute Gasteiger partial charge is 0.271 e. The first kappa shape index (κ1) is 14.8. The third-order valence-corrected chi connectivity index (χ3v) is 5.01. The van der Waals surface area contributed by atoms with Gasteiger partial charge in [0.05, 0.1) is 16.4 Å². The van der Waals surface area contributed by atoms with Gasteiger partial charge in [0.1, 0.15) is 0 Å². The summed E-state index contributed by atoms with van der Waals surface area (Å²) in [5.41, 5.74) is 4.98. The van der Waals surface area contributed by atoms with Crippen molar-refractivity contribution < 1.29 is 0 Å². The van der Waals surface area contributed by atoms with Crippen molar-refractivity contribution in [1.29, 1.82) is 0 Å². The van der Waals surface area contributed by atoms with Crippen LogP contribution in [0.25, 0.3) is 0 Å². The van der Waals surface area contributed by atoms with Crippen LogP contribution in [0.1, 0.15) is 44.0 Å². The summed E-state index contributed by atoms with van der Waals surface area (Å²) >= 11 is 6.33. The lowest BCUT2D eigenvalue weighted by Gasteiger charge is -2.32. The van der Waals surface area contributed by atoms with Gasteiger partial charge in [-0.2, -0.15) is 5.10 Å². The van der Waals surface area contributed by atoms with Crippen LogP contribution < -0.4 is 11.3 Å². The number of rotatable bonds is 4. The molecule has 1 aromatic rings. The Labute approximate surface area is 120 Å². The topological polar surface area (TPSA) is 55.9 Å². The molecule has 1 aliphatic rings. The number of aromatic nitrogens is 2. The molecule has 0 aromatic carbocycles. The highest BCUT2D eigenvalue weighted by atomic mass is 35.5. The van der Waals surface area contributed by atoms with E-state index in [0.29, 0.717) is 12.0 Å². The van der Waals surface area contributed by atoms with Gasteiger partial charge >= 0.3 is 0 Å². The van der Waals surface area contributed by atoms with E-state index < -0.39 is 0 Å². The van der Waals surface area contributed by atoms with E-state index in [4.69, 9.17) is 17.4 Å². The first-order valence-electron chi connectivity index (χ1n) is 7.17. The molecular formula is C14H25ClN4. The van der Waals surface area contributed by atoms with E-state index in [1.165, 1.54) is 25.7 Å². The van der Waals surface area contributed by atoms with Crippen LogP contribution in [0.5, 0.6) is 0 Å². The van der Waals surface area contributed by atoms with Crippen molar-refractivity contribution in [3.05, 3.63) is 16.4 Å². The number of halogens is 1. The molecule has 108 valence electrons. The lowest BCUT2D eigenvalue weighted by molar-refractivity contribution is 0.228. The average Bonchev–Trinajstić information content (AvgIpc) is 2.63. The summed E-state index contributed by atoms with van der Waals surface area (Å²) in [6.45, 7) is 4.28. The molecule has 1 fully saturated rings. The number of hydrazine groups is 1. The Kier molecular flexibility index (Phi) is 4.87. The molecule has 0 aliphatic heterocycles. The summed E-state index contributed by atoms with van der Waals surface area (Å²) in [5, 5.41) is 5.16. The molecule has 1 atom stereocenters. The molecule has 1 unspecified atom stereocenters. The second-order valence-corrected chi connectivity index (χ2v) is 6.34. The first-order chi connectivity index (χ1) is 9.02. The number of nitrogens with two attached hydrogens (primary N) is 1. The maximum Gasteiger partial charge on any atom is 0.0847 e. The number of hydrogen-bond donors (Lipinski definition) is 2. The van der Waals surface area contributed by atoms with Gasteiger partial charge in [0, 0.05) is 19.5 Å². The van der Waals surface area contributed by atoms with Crippen molar-refractivity contribution in [2.75, 3.05) is 0 Å². The zero-order chi connectivity index (χ0) is 14.0. The molecule has 0 bridgehead atoms. The third-order valence-electron chi connectivity index (χ3n) is 4.52. The highest BCUT2D eigenvalue weighted by molar-refractivity contribution is 6.31. The van der Waals surface area contributed by atoms with Crippen LogP contribution in [0.2, 0.25) is 5.02 Å². The van der Waals surface area contributed by atoms with E-state index in [1.54, 1.807) is 0 Å². The van der Waals surface area contributed by atoms with Gasteiger partial charge in [-0.25, -0.2) is 0 Å². The van der Waals surface area contributed by atoms with Crippen molar-refractivity contribution in [2.24, 2.45) is 24.7 Å². The van der Waals surface area contributed by atoms with Crippen molar-refractivity contribution in [3.63, 3.8) is 0 Å². The third kappa shape index (κ3) is 3.30. The highest BCUT2D eigenvalue weighted by Crippen LogP contribution is 2.32. The molecule has 2 rings (SSSR count). The second-order valence-electron chi connectivity index (χ2n) is 5.97. The number of hydrogen-bond acceptors (Lipinski definition) is 3. The number of nitrogens with zero attached hydrogens (tertiary/aromatic N) is 2. The van der Waals surface area contributed by atoms with E-state index in [1.807, 2.05) is 18.7 Å². The Morgan fingerprint density at radius 1 is 1.42 bits per heavy atom. The van der Waals surface area contributed by atoms with Crippen LogP contribution in [-0.2, 0) is 13.5 Å². The zero-order valence-corrected chi connectivity index (χ0v) is 12.9. The van der Waals surface area contributed by atoms with E-state index in [0.717, 1.165) is 28.7 Å². The fourth-order valence-corrected chi connectivity index (χ4v) is 3.40. The fourth-order valence-electron chi connectivity index (χ4n) is 3.16. The van der Waals surface area contributed by atoms with Crippen molar-refractivity contribution >= 4 is 11.6 Å². The first-order valence-corrected chi connectivity index (χ1v) is 7.54. The molecule has 3 N–H and O–H groups in total. The standard InChI is InChI=1S/C14H25ClN4/c1-9-4-6-11(7-5-9)12(17-16)8-13-14(15)10(2)18-19(13)3/h9,11-12,17H,4-8,16H2,1-3H3. The van der Waals surface area contributed by atoms with Gasteiger partial charge in [-0.15, -0.1) is 0 Å². The van der Waals surface area contributed by atoms with Crippen LogP contribution >= 0.6 is 11.6 Å². The SMILES string of the molecule is Cc1nn(C)c(CC(NN)C2CCC(C)CC2)c1Cl. The van der Waals surface area contributed by atoms with Crippen LogP contribution in [0, 0.1) is 18.8 Å². The predicted octanol–water partition coefficient (Wildman–Crippen LogP) is 2.58. The van der Waals surface area contributed by atoms with Crippen molar-refractivity contribution in [1.82, 2.24) is 15.2 Å². The average molecular weight is 285 g/mol. The van der Waals surface area contributed by atoms with Gasteiger partial charge in [-0.3, -0.25) is 16.0 Å². The molecule has 0 spiro atoms. The Balaban J connectivity index is 2.06. The van der Waals surface area contributed by atoms with Crippen molar-refractivity contribution in [2.45, 2.75) is 52.0 Å². The summed E-state index contributed by atoms with van der Waals surface area (Å²) in [6.07, 6.45) is 5.97. The summed E-state index contributed by atoms with van der Waals surface area (Å²) in [5.74, 6) is 7.27. The lowest BCUT2D eigenvalue weighted by Crippen LogP contribution is -2.44. The van der Waals surface area contributed by atoms with Gasteiger partial charge in [0.15, 0.2) is 0 Å². The number of nitrogens with one attached hydrogen (secondary N) is 1. The Bertz CT molecular complexity index is 421. The smallest absolute Gasteiger partial charge is 0.0847 e.